The van der Waals surface area contributed by atoms with E-state index >= 15 is 0 Å². The first-order valence-corrected chi connectivity index (χ1v) is 4.95. The van der Waals surface area contributed by atoms with Crippen LogP contribution in [0.1, 0.15) is 0 Å². The van der Waals surface area contributed by atoms with Crippen molar-refractivity contribution in [2.24, 2.45) is 0 Å². The van der Waals surface area contributed by atoms with Gasteiger partial charge in [-0.25, -0.2) is 0 Å². The summed E-state index contributed by atoms with van der Waals surface area (Å²) in [6, 6.07) is 8.84. The normalized spacial score (nSPS) is 10.9. The van der Waals surface area contributed by atoms with E-state index in [1.165, 1.54) is 0 Å². The second kappa shape index (κ2) is 5.62. The average Bonchev–Trinajstić information content (AvgIpc) is 2.04. The van der Waals surface area contributed by atoms with Crippen molar-refractivity contribution in [1.82, 2.24) is 0 Å². The second-order valence-corrected chi connectivity index (χ2v) is 3.51. The van der Waals surface area contributed by atoms with Crippen LogP contribution in [0.5, 0.6) is 0 Å². The number of benzene rings is 1. The first kappa shape index (κ1) is 12.9. The van der Waals surface area contributed by atoms with Crippen LogP contribution in [0.3, 0.4) is 0 Å². The first-order chi connectivity index (χ1) is 6.08. The molecule has 0 unspecified atom stereocenters. The van der Waals surface area contributed by atoms with Gasteiger partial charge in [0.1, 0.15) is 0 Å². The molecule has 3 nitrogen and oxygen atoms in total. The minimum Gasteiger partial charge on any atom is -0.361 e. The summed E-state index contributed by atoms with van der Waals surface area (Å²) < 4.78 is 32.0. The van der Waals surface area contributed by atoms with Crippen LogP contribution < -0.4 is 5.32 Å². The van der Waals surface area contributed by atoms with Gasteiger partial charge in [-0.3, -0.25) is 0 Å². The number of hydrogen-bond acceptors (Lipinski definition) is 3. The molecular formula is C8H9ClFNO2S. The van der Waals surface area contributed by atoms with Crippen molar-refractivity contribution in [3.05, 3.63) is 41.9 Å². The van der Waals surface area contributed by atoms with Gasteiger partial charge in [-0.15, -0.1) is 16.3 Å². The number of nitrogens with one attached hydrogen (secondary N) is 1. The van der Waals surface area contributed by atoms with E-state index in [4.69, 9.17) is 0 Å². The van der Waals surface area contributed by atoms with Crippen molar-refractivity contribution in [3.8, 4) is 0 Å². The van der Waals surface area contributed by atoms with Crippen molar-refractivity contribution in [2.75, 3.05) is 5.32 Å². The molecule has 0 saturated heterocycles. The maximum absolute atomic E-state index is 11.9. The molecule has 0 spiro atoms. The van der Waals surface area contributed by atoms with E-state index in [2.05, 4.69) is 5.32 Å². The Hall–Kier alpha value is -1.07. The Balaban J connectivity index is 0.00000169. The molecule has 1 aromatic rings. The monoisotopic (exact) mass is 237 g/mol. The van der Waals surface area contributed by atoms with E-state index in [1.54, 1.807) is 24.3 Å². The molecule has 1 aromatic carbocycles. The molecule has 0 atom stereocenters. The number of halogens is 2. The van der Waals surface area contributed by atoms with Crippen LogP contribution >= 0.6 is 12.4 Å². The molecule has 0 aliphatic carbocycles. The topological polar surface area (TPSA) is 46.2 Å². The van der Waals surface area contributed by atoms with E-state index in [9.17, 15) is 12.3 Å². The fourth-order valence-electron chi connectivity index (χ4n) is 0.746. The summed E-state index contributed by atoms with van der Waals surface area (Å²) in [5.41, 5.74) is 0.697. The van der Waals surface area contributed by atoms with E-state index in [-0.39, 0.29) is 12.4 Å². The van der Waals surface area contributed by atoms with E-state index in [0.29, 0.717) is 11.1 Å². The van der Waals surface area contributed by atoms with Crippen LogP contribution in [-0.2, 0) is 10.2 Å². The van der Waals surface area contributed by atoms with Crippen LogP contribution in [0, 0.1) is 0 Å². The third-order valence-corrected chi connectivity index (χ3v) is 1.72. The van der Waals surface area contributed by atoms with Gasteiger partial charge in [-0.1, -0.05) is 18.2 Å². The summed E-state index contributed by atoms with van der Waals surface area (Å²) in [6.45, 7) is 0. The molecule has 0 saturated carbocycles. The molecule has 14 heavy (non-hydrogen) atoms. The fraction of sp³-hybridized carbons (Fsp3) is 0. The quantitative estimate of drug-likeness (QED) is 0.821. The Morgan fingerprint density at radius 2 is 1.79 bits per heavy atom. The van der Waals surface area contributed by atoms with Crippen molar-refractivity contribution < 1.29 is 12.3 Å². The summed E-state index contributed by atoms with van der Waals surface area (Å²) in [5, 5.41) is 3.06. The van der Waals surface area contributed by atoms with Crippen LogP contribution in [-0.4, -0.2) is 8.42 Å². The van der Waals surface area contributed by atoms with Gasteiger partial charge in [0.05, 0.1) is 5.41 Å². The first-order valence-electron chi connectivity index (χ1n) is 3.51. The summed E-state index contributed by atoms with van der Waals surface area (Å²) in [6.07, 6.45) is 1.03. The number of para-hydroxylation sites is 1. The Bertz CT molecular complexity index is 391. The maximum atomic E-state index is 11.9. The zero-order chi connectivity index (χ0) is 9.73. The van der Waals surface area contributed by atoms with Gasteiger partial charge in [0, 0.05) is 11.9 Å². The van der Waals surface area contributed by atoms with Crippen molar-refractivity contribution >= 4 is 28.3 Å². The van der Waals surface area contributed by atoms with Gasteiger partial charge >= 0.3 is 10.2 Å². The molecule has 0 bridgehead atoms. The minimum absolute atomic E-state index is 0. The van der Waals surface area contributed by atoms with Gasteiger partial charge in [-0.05, 0) is 12.1 Å². The van der Waals surface area contributed by atoms with Crippen LogP contribution in [0.15, 0.2) is 41.9 Å². The smallest absolute Gasteiger partial charge is 0.326 e. The van der Waals surface area contributed by atoms with Crippen LogP contribution in [0.4, 0.5) is 9.57 Å². The zero-order valence-electron chi connectivity index (χ0n) is 7.05. The van der Waals surface area contributed by atoms with Gasteiger partial charge in [0.2, 0.25) is 0 Å². The number of hydrogen-bond donors (Lipinski definition) is 1. The molecule has 0 fully saturated rings. The summed E-state index contributed by atoms with van der Waals surface area (Å²) in [7, 11) is -4.54. The molecule has 0 amide bonds. The predicted octanol–water partition coefficient (Wildman–Crippen LogP) is 2.29. The highest BCUT2D eigenvalue weighted by molar-refractivity contribution is 7.89. The highest BCUT2D eigenvalue weighted by atomic mass is 35.5. The average molecular weight is 238 g/mol. The molecule has 0 aliphatic rings. The number of rotatable bonds is 3. The highest BCUT2D eigenvalue weighted by Crippen LogP contribution is 2.04. The minimum atomic E-state index is -4.54. The van der Waals surface area contributed by atoms with E-state index < -0.39 is 10.2 Å². The standard InChI is InChI=1S/C8H8FNO2S.ClH/c9-13(11,12)7-6-10-8-4-2-1-3-5-8;/h1-7,10H;1H. The lowest BCUT2D eigenvalue weighted by atomic mass is 10.3. The summed E-state index contributed by atoms with van der Waals surface area (Å²) >= 11 is 0. The lowest BCUT2D eigenvalue weighted by molar-refractivity contribution is 0.563. The zero-order valence-corrected chi connectivity index (χ0v) is 8.69. The van der Waals surface area contributed by atoms with Gasteiger partial charge in [0.15, 0.2) is 0 Å². The van der Waals surface area contributed by atoms with Crippen molar-refractivity contribution in [3.63, 3.8) is 0 Å². The van der Waals surface area contributed by atoms with E-state index in [1.807, 2.05) is 6.07 Å². The third-order valence-electron chi connectivity index (χ3n) is 1.25. The summed E-state index contributed by atoms with van der Waals surface area (Å²) in [5.74, 6) is 0. The van der Waals surface area contributed by atoms with E-state index in [0.717, 1.165) is 6.20 Å². The Kier molecular flexibility index (Phi) is 5.19. The molecule has 0 aromatic heterocycles. The molecular weight excluding hydrogens is 229 g/mol. The maximum Gasteiger partial charge on any atom is 0.326 e. The lowest BCUT2D eigenvalue weighted by Crippen LogP contribution is -1.89. The molecule has 0 radical (unpaired) electrons. The lowest BCUT2D eigenvalue weighted by Gasteiger charge is -1.96. The Labute approximate surface area is 88.3 Å². The molecule has 78 valence electrons. The van der Waals surface area contributed by atoms with Gasteiger partial charge < -0.3 is 5.32 Å². The molecule has 1 rings (SSSR count). The molecule has 6 heteroatoms. The second-order valence-electron chi connectivity index (χ2n) is 2.29. The fourth-order valence-corrected chi connectivity index (χ4v) is 0.976. The Morgan fingerprint density at radius 1 is 1.21 bits per heavy atom. The SMILES string of the molecule is Cl.O=S(=O)(F)C=CNc1ccccc1. The van der Waals surface area contributed by atoms with Crippen LogP contribution in [0.2, 0.25) is 0 Å². The molecule has 0 heterocycles. The predicted molar refractivity (Wildman–Crippen MR) is 56.5 cm³/mol. The van der Waals surface area contributed by atoms with Crippen molar-refractivity contribution in [2.45, 2.75) is 0 Å². The van der Waals surface area contributed by atoms with Crippen molar-refractivity contribution in [1.29, 1.82) is 0 Å². The van der Waals surface area contributed by atoms with Gasteiger partial charge in [0.25, 0.3) is 0 Å². The number of anilines is 1. The Morgan fingerprint density at radius 3 is 2.29 bits per heavy atom. The summed E-state index contributed by atoms with van der Waals surface area (Å²) in [4.78, 5) is 0. The molecule has 1 N–H and O–H groups in total. The highest BCUT2D eigenvalue weighted by Gasteiger charge is 1.96. The van der Waals surface area contributed by atoms with Crippen LogP contribution in [0.25, 0.3) is 0 Å². The third kappa shape index (κ3) is 5.55. The van der Waals surface area contributed by atoms with Gasteiger partial charge in [-0.2, -0.15) is 8.42 Å². The molecule has 0 aliphatic heterocycles. The largest absolute Gasteiger partial charge is 0.361 e.